The number of nitrogens with zero attached hydrogens (tertiary/aromatic N) is 1. The van der Waals surface area contributed by atoms with Crippen molar-refractivity contribution < 1.29 is 0 Å². The van der Waals surface area contributed by atoms with Crippen LogP contribution in [0.5, 0.6) is 0 Å². The molecular formula is C57H85NS. The standard InChI is InChI=1S/C57H85NS/c1-36-29-31-47-46-25-16-24-45(55(46)59-54(36)47)43-23-12-15-28-51(43)58(39-30-32-42-40-21-10-13-26-48(40)56(2,3)50(42)35-39)52-34-33-44-41-22-11-14-27-49(41)57(53(44)52,37-17-6-4-7-18-37)38-19-8-5-9-20-38/h11,13,22,26,35-45,47-49,51-54H,4-10,12,14-21,23-25,27-34H2,1-3H3/t36?,39?,40?,41?,42?,43?,44?,45?,47?,48?,49?,51?,52-,53?,54?/m0/s1. The monoisotopic (exact) mass is 816 g/mol. The van der Waals surface area contributed by atoms with Crippen LogP contribution in [0.1, 0.15) is 194 Å². The molecule has 1 heterocycles. The van der Waals surface area contributed by atoms with Crippen molar-refractivity contribution in [2.45, 2.75) is 218 Å². The first kappa shape index (κ1) is 39.8. The average Bonchev–Trinajstić information content (AvgIpc) is 4.09. The van der Waals surface area contributed by atoms with Crippen LogP contribution in [0.15, 0.2) is 46.4 Å². The molecule has 59 heavy (non-hydrogen) atoms. The van der Waals surface area contributed by atoms with Crippen LogP contribution in [-0.2, 0) is 0 Å². The van der Waals surface area contributed by atoms with Crippen molar-refractivity contribution in [2.24, 2.45) is 87.8 Å². The van der Waals surface area contributed by atoms with Crippen molar-refractivity contribution in [2.75, 3.05) is 0 Å². The zero-order valence-electron chi connectivity index (χ0n) is 38.1. The summed E-state index contributed by atoms with van der Waals surface area (Å²) in [6.45, 7) is 8.01. The summed E-state index contributed by atoms with van der Waals surface area (Å²) >= 11 is 2.48. The Morgan fingerprint density at radius 1 is 0.593 bits per heavy atom. The minimum absolute atomic E-state index is 0.319. The summed E-state index contributed by atoms with van der Waals surface area (Å²) in [5.41, 5.74) is 4.87. The number of hydrogen-bond donors (Lipinski definition) is 0. The summed E-state index contributed by atoms with van der Waals surface area (Å²) in [7, 11) is 0. The second kappa shape index (κ2) is 15.8. The van der Waals surface area contributed by atoms with Gasteiger partial charge in [0.2, 0.25) is 0 Å². The summed E-state index contributed by atoms with van der Waals surface area (Å²) < 4.78 is 0. The van der Waals surface area contributed by atoms with E-state index in [0.29, 0.717) is 16.9 Å². The van der Waals surface area contributed by atoms with Crippen LogP contribution in [0.4, 0.5) is 0 Å². The van der Waals surface area contributed by atoms with Crippen LogP contribution in [0.3, 0.4) is 0 Å². The zero-order valence-corrected chi connectivity index (χ0v) is 39.0. The van der Waals surface area contributed by atoms with Crippen molar-refractivity contribution in [3.05, 3.63) is 46.4 Å². The van der Waals surface area contributed by atoms with Crippen LogP contribution in [0.25, 0.3) is 0 Å². The van der Waals surface area contributed by atoms with Gasteiger partial charge in [0.1, 0.15) is 0 Å². The smallest absolute Gasteiger partial charge is 0.0287 e. The molecule has 0 aromatic carbocycles. The van der Waals surface area contributed by atoms with Crippen LogP contribution < -0.4 is 0 Å². The van der Waals surface area contributed by atoms with E-state index in [1.165, 1.54) is 148 Å². The summed E-state index contributed by atoms with van der Waals surface area (Å²) in [5, 5.41) is 0.915. The van der Waals surface area contributed by atoms with E-state index in [1.54, 1.807) is 25.7 Å². The van der Waals surface area contributed by atoms with Crippen LogP contribution in [0, 0.1) is 87.8 Å². The van der Waals surface area contributed by atoms with Gasteiger partial charge in [0.15, 0.2) is 0 Å². The van der Waals surface area contributed by atoms with Crippen LogP contribution in [-0.4, -0.2) is 28.3 Å². The SMILES string of the molecule is CC1CCC2C3=C(SC12)C(C1CCCCC1N(C1C=C2C(CC1)C1CCC=CC1C2(C)C)[C@H]1CCC2C4C=CCCC4C(C4CCCCC4)(C4CCCCC4)C21)CCC3. The zero-order chi connectivity index (χ0) is 39.5. The third kappa shape index (κ3) is 6.11. The van der Waals surface area contributed by atoms with Gasteiger partial charge in [-0.2, -0.15) is 0 Å². The Bertz CT molecular complexity index is 1660. The lowest BCUT2D eigenvalue weighted by atomic mass is 9.49. The Balaban J connectivity index is 0.996. The van der Waals surface area contributed by atoms with Gasteiger partial charge >= 0.3 is 0 Å². The van der Waals surface area contributed by atoms with Gasteiger partial charge in [-0.3, -0.25) is 4.90 Å². The van der Waals surface area contributed by atoms with Gasteiger partial charge in [-0.15, -0.1) is 11.8 Å². The lowest BCUT2D eigenvalue weighted by Crippen LogP contribution is -2.60. The fraction of sp³-hybridized carbons (Fsp3) is 0.860. The molecule has 12 aliphatic rings. The molecule has 0 amide bonds. The first-order valence-electron chi connectivity index (χ1n) is 27.2. The summed E-state index contributed by atoms with van der Waals surface area (Å²) in [6.07, 6.45) is 54.5. The van der Waals surface area contributed by atoms with Crippen molar-refractivity contribution in [3.63, 3.8) is 0 Å². The molecule has 0 bridgehead atoms. The molecule has 1 aliphatic heterocycles. The lowest BCUT2D eigenvalue weighted by molar-refractivity contribution is -0.0997. The maximum Gasteiger partial charge on any atom is 0.0287 e. The van der Waals surface area contributed by atoms with Crippen molar-refractivity contribution in [1.82, 2.24) is 4.90 Å². The fourth-order valence-corrected chi connectivity index (χ4v) is 22.4. The average molecular weight is 816 g/mol. The Morgan fingerprint density at radius 3 is 2.14 bits per heavy atom. The van der Waals surface area contributed by atoms with E-state index in [1.807, 2.05) is 16.1 Å². The number of rotatable bonds is 6. The van der Waals surface area contributed by atoms with Gasteiger partial charge in [0, 0.05) is 23.4 Å². The van der Waals surface area contributed by atoms with E-state index in [4.69, 9.17) is 0 Å². The molecule has 0 N–H and O–H groups in total. The largest absolute Gasteiger partial charge is 0.290 e. The van der Waals surface area contributed by atoms with Gasteiger partial charge < -0.3 is 0 Å². The minimum atomic E-state index is 0.319. The Morgan fingerprint density at radius 2 is 1.32 bits per heavy atom. The van der Waals surface area contributed by atoms with Gasteiger partial charge in [-0.1, -0.05) is 114 Å². The molecule has 7 saturated carbocycles. The van der Waals surface area contributed by atoms with Gasteiger partial charge in [0.05, 0.1) is 0 Å². The van der Waals surface area contributed by atoms with Crippen LogP contribution in [0.2, 0.25) is 0 Å². The van der Waals surface area contributed by atoms with Gasteiger partial charge in [0.25, 0.3) is 0 Å². The van der Waals surface area contributed by atoms with Gasteiger partial charge in [-0.25, -0.2) is 0 Å². The summed E-state index contributed by atoms with van der Waals surface area (Å²) in [6, 6.07) is 2.27. The predicted octanol–water partition coefficient (Wildman–Crippen LogP) is 15.5. The van der Waals surface area contributed by atoms with Crippen LogP contribution >= 0.6 is 11.8 Å². The maximum atomic E-state index is 3.59. The van der Waals surface area contributed by atoms with Gasteiger partial charge in [-0.05, 0) is 215 Å². The number of fused-ring (bicyclic) bond motifs is 8. The van der Waals surface area contributed by atoms with E-state index >= 15 is 0 Å². The highest BCUT2D eigenvalue weighted by Crippen LogP contribution is 2.73. The predicted molar refractivity (Wildman–Crippen MR) is 250 cm³/mol. The van der Waals surface area contributed by atoms with Crippen molar-refractivity contribution >= 4 is 11.8 Å². The second-order valence-corrected chi connectivity index (χ2v) is 25.8. The molecule has 0 radical (unpaired) electrons. The Labute approximate surface area is 366 Å². The number of hydrogen-bond acceptors (Lipinski definition) is 2. The van der Waals surface area contributed by atoms with E-state index in [9.17, 15) is 0 Å². The molecule has 1 nitrogen and oxygen atoms in total. The fourth-order valence-electron chi connectivity index (χ4n) is 20.4. The Kier molecular flexibility index (Phi) is 10.6. The number of allylic oxidation sites excluding steroid dienone is 7. The first-order chi connectivity index (χ1) is 29.0. The normalized spacial score (nSPS) is 47.7. The molecule has 14 unspecified atom stereocenters. The van der Waals surface area contributed by atoms with E-state index < -0.39 is 0 Å². The highest BCUT2D eigenvalue weighted by molar-refractivity contribution is 8.04. The first-order valence-corrected chi connectivity index (χ1v) is 28.1. The summed E-state index contributed by atoms with van der Waals surface area (Å²) in [4.78, 5) is 5.59. The lowest BCUT2D eigenvalue weighted by Gasteiger charge is -2.59. The third-order valence-corrected chi connectivity index (χ3v) is 24.1. The molecule has 11 aliphatic carbocycles. The van der Waals surface area contributed by atoms with E-state index in [2.05, 4.69) is 67.8 Å². The molecular weight excluding hydrogens is 731 g/mol. The maximum absolute atomic E-state index is 3.59. The molecule has 324 valence electrons. The Hall–Kier alpha value is -0.730. The van der Waals surface area contributed by atoms with E-state index in [-0.39, 0.29) is 0 Å². The molecule has 15 atom stereocenters. The molecule has 2 heteroatoms. The molecule has 0 aromatic rings. The molecule has 7 fully saturated rings. The number of thioether (sulfide) groups is 1. The van der Waals surface area contributed by atoms with E-state index in [0.717, 1.165) is 94.3 Å². The molecule has 12 rings (SSSR count). The third-order valence-electron chi connectivity index (χ3n) is 22.3. The quantitative estimate of drug-likeness (QED) is 0.246. The topological polar surface area (TPSA) is 3.24 Å². The highest BCUT2D eigenvalue weighted by Gasteiger charge is 2.69. The minimum Gasteiger partial charge on any atom is -0.290 e. The highest BCUT2D eigenvalue weighted by atomic mass is 32.2. The summed E-state index contributed by atoms with van der Waals surface area (Å²) in [5.74, 6) is 11.9. The van der Waals surface area contributed by atoms with Crippen molar-refractivity contribution in [1.29, 1.82) is 0 Å². The molecule has 0 aromatic heterocycles. The second-order valence-electron chi connectivity index (χ2n) is 24.6. The molecule has 0 saturated heterocycles. The van der Waals surface area contributed by atoms with Crippen molar-refractivity contribution in [3.8, 4) is 0 Å². The molecule has 0 spiro atoms.